The summed E-state index contributed by atoms with van der Waals surface area (Å²) in [6.45, 7) is 4.33. The number of piperazine rings is 1. The zero-order valence-electron chi connectivity index (χ0n) is 14.8. The highest BCUT2D eigenvalue weighted by molar-refractivity contribution is 5.84. The van der Waals surface area contributed by atoms with E-state index in [0.717, 1.165) is 59.6 Å². The third-order valence-corrected chi connectivity index (χ3v) is 5.18. The Bertz CT molecular complexity index is 1080. The monoisotopic (exact) mass is 343 g/mol. The van der Waals surface area contributed by atoms with E-state index < -0.39 is 0 Å². The van der Waals surface area contributed by atoms with Gasteiger partial charge < -0.3 is 14.8 Å². The van der Waals surface area contributed by atoms with Crippen LogP contribution in [0.15, 0.2) is 54.6 Å². The second-order valence-electron chi connectivity index (χ2n) is 6.97. The van der Waals surface area contributed by atoms with E-state index >= 15 is 0 Å². The molecule has 3 heterocycles. The summed E-state index contributed by atoms with van der Waals surface area (Å²) in [6, 6.07) is 18.8. The van der Waals surface area contributed by atoms with Crippen LogP contribution in [0.4, 0.5) is 5.69 Å². The third kappa shape index (κ3) is 2.70. The molecule has 1 saturated heterocycles. The first-order valence-electron chi connectivity index (χ1n) is 9.06. The maximum Gasteiger partial charge on any atom is 0.157 e. The number of pyridine rings is 1. The fourth-order valence-corrected chi connectivity index (χ4v) is 3.57. The van der Waals surface area contributed by atoms with Crippen LogP contribution in [0.25, 0.3) is 33.5 Å². The second-order valence-corrected chi connectivity index (χ2v) is 6.97. The molecule has 130 valence electrons. The molecule has 5 heteroatoms. The largest absolute Gasteiger partial charge is 0.369 e. The van der Waals surface area contributed by atoms with Crippen LogP contribution in [0, 0.1) is 0 Å². The Balaban J connectivity index is 1.50. The second kappa shape index (κ2) is 6.11. The summed E-state index contributed by atoms with van der Waals surface area (Å²) in [7, 11) is 2.18. The number of fused-ring (bicyclic) bond motifs is 2. The lowest BCUT2D eigenvalue weighted by Crippen LogP contribution is -2.44. The molecular formula is C21H21N5. The van der Waals surface area contributed by atoms with Gasteiger partial charge in [0.15, 0.2) is 5.82 Å². The highest BCUT2D eigenvalue weighted by Gasteiger charge is 2.15. The smallest absolute Gasteiger partial charge is 0.157 e. The van der Waals surface area contributed by atoms with E-state index in [0.29, 0.717) is 0 Å². The maximum absolute atomic E-state index is 4.81. The van der Waals surface area contributed by atoms with Crippen molar-refractivity contribution in [3.8, 4) is 11.5 Å². The first-order chi connectivity index (χ1) is 12.8. The zero-order valence-corrected chi connectivity index (χ0v) is 14.8. The van der Waals surface area contributed by atoms with Gasteiger partial charge in [-0.1, -0.05) is 24.3 Å². The van der Waals surface area contributed by atoms with Gasteiger partial charge in [0.25, 0.3) is 0 Å². The topological polar surface area (TPSA) is 48.0 Å². The van der Waals surface area contributed by atoms with E-state index in [1.165, 1.54) is 5.69 Å². The lowest BCUT2D eigenvalue weighted by molar-refractivity contribution is 0.313. The van der Waals surface area contributed by atoms with Crippen molar-refractivity contribution in [2.45, 2.75) is 0 Å². The normalized spacial score (nSPS) is 15.8. The summed E-state index contributed by atoms with van der Waals surface area (Å²) in [6.07, 6.45) is 0. The quantitative estimate of drug-likeness (QED) is 0.605. The average molecular weight is 343 g/mol. The molecule has 0 amide bonds. The van der Waals surface area contributed by atoms with Crippen LogP contribution in [0.3, 0.4) is 0 Å². The minimum Gasteiger partial charge on any atom is -0.369 e. The highest BCUT2D eigenvalue weighted by Crippen LogP contribution is 2.25. The van der Waals surface area contributed by atoms with Crippen LogP contribution in [-0.2, 0) is 0 Å². The molecule has 5 rings (SSSR count). The molecule has 0 atom stereocenters. The van der Waals surface area contributed by atoms with Crippen molar-refractivity contribution >= 4 is 27.6 Å². The number of benzene rings is 2. The number of likely N-dealkylation sites (N-methyl/N-ethyl adjacent to an activating group) is 1. The van der Waals surface area contributed by atoms with Crippen molar-refractivity contribution < 1.29 is 0 Å². The summed E-state index contributed by atoms with van der Waals surface area (Å²) >= 11 is 0. The molecule has 1 aliphatic heterocycles. The minimum atomic E-state index is 0.821. The molecule has 1 N–H and O–H groups in total. The van der Waals surface area contributed by atoms with Crippen LogP contribution in [0.1, 0.15) is 0 Å². The number of para-hydroxylation sites is 1. The van der Waals surface area contributed by atoms with Crippen molar-refractivity contribution in [3.63, 3.8) is 0 Å². The predicted octanol–water partition coefficient (Wildman–Crippen LogP) is 3.53. The Morgan fingerprint density at radius 3 is 2.58 bits per heavy atom. The van der Waals surface area contributed by atoms with Crippen molar-refractivity contribution in [3.05, 3.63) is 54.6 Å². The number of rotatable bonds is 2. The molecule has 2 aromatic heterocycles. The lowest BCUT2D eigenvalue weighted by atomic mass is 10.2. The van der Waals surface area contributed by atoms with Crippen molar-refractivity contribution in [2.24, 2.45) is 0 Å². The number of nitrogens with one attached hydrogen (secondary N) is 1. The van der Waals surface area contributed by atoms with E-state index in [1.54, 1.807) is 0 Å². The molecule has 0 bridgehead atoms. The Morgan fingerprint density at radius 2 is 1.69 bits per heavy atom. The number of anilines is 1. The number of imidazole rings is 1. The molecule has 0 unspecified atom stereocenters. The lowest BCUT2D eigenvalue weighted by Gasteiger charge is -2.34. The van der Waals surface area contributed by atoms with Gasteiger partial charge in [0.1, 0.15) is 5.69 Å². The standard InChI is InChI=1S/C21H21N5/c1-25-10-12-26(13-11-25)16-7-9-18-20(14-16)24-21(23-18)19-8-6-15-4-2-3-5-17(15)22-19/h2-9,14H,10-13H2,1H3,(H,23,24). The first-order valence-corrected chi connectivity index (χ1v) is 9.06. The predicted molar refractivity (Wildman–Crippen MR) is 107 cm³/mol. The SMILES string of the molecule is CN1CCN(c2ccc3[nH]c(-c4ccc5ccccc5n4)nc3c2)CC1. The molecule has 0 aliphatic carbocycles. The Morgan fingerprint density at radius 1 is 0.846 bits per heavy atom. The molecule has 26 heavy (non-hydrogen) atoms. The van der Waals surface area contributed by atoms with Crippen molar-refractivity contribution in [1.82, 2.24) is 19.9 Å². The van der Waals surface area contributed by atoms with Gasteiger partial charge in [-0.2, -0.15) is 0 Å². The number of aromatic amines is 1. The van der Waals surface area contributed by atoms with E-state index in [1.807, 2.05) is 24.3 Å². The number of aromatic nitrogens is 3. The number of H-pyrrole nitrogens is 1. The Hall–Kier alpha value is -2.92. The zero-order chi connectivity index (χ0) is 17.5. The van der Waals surface area contributed by atoms with Crippen LogP contribution in [0.5, 0.6) is 0 Å². The van der Waals surface area contributed by atoms with Crippen molar-refractivity contribution in [1.29, 1.82) is 0 Å². The maximum atomic E-state index is 4.81. The van der Waals surface area contributed by atoms with Crippen LogP contribution in [-0.4, -0.2) is 53.1 Å². The molecule has 1 aliphatic rings. The molecule has 0 saturated carbocycles. The highest BCUT2D eigenvalue weighted by atomic mass is 15.2. The van der Waals surface area contributed by atoms with E-state index in [9.17, 15) is 0 Å². The van der Waals surface area contributed by atoms with E-state index in [4.69, 9.17) is 9.97 Å². The van der Waals surface area contributed by atoms with Crippen LogP contribution < -0.4 is 4.90 Å². The van der Waals surface area contributed by atoms with E-state index in [-0.39, 0.29) is 0 Å². The molecule has 0 radical (unpaired) electrons. The van der Waals surface area contributed by atoms with Crippen LogP contribution >= 0.6 is 0 Å². The summed E-state index contributed by atoms with van der Waals surface area (Å²) in [5.74, 6) is 0.821. The Labute approximate surface area is 152 Å². The molecular weight excluding hydrogens is 322 g/mol. The fourth-order valence-electron chi connectivity index (χ4n) is 3.57. The summed E-state index contributed by atoms with van der Waals surface area (Å²) in [4.78, 5) is 17.8. The molecule has 5 nitrogen and oxygen atoms in total. The molecule has 0 spiro atoms. The summed E-state index contributed by atoms with van der Waals surface area (Å²) < 4.78 is 0. The first kappa shape index (κ1) is 15.3. The van der Waals surface area contributed by atoms with Gasteiger partial charge in [-0.05, 0) is 37.4 Å². The number of hydrogen-bond acceptors (Lipinski definition) is 4. The third-order valence-electron chi connectivity index (χ3n) is 5.18. The van der Waals surface area contributed by atoms with Gasteiger partial charge in [-0.15, -0.1) is 0 Å². The number of hydrogen-bond donors (Lipinski definition) is 1. The molecule has 4 aromatic rings. The fraction of sp³-hybridized carbons (Fsp3) is 0.238. The van der Waals surface area contributed by atoms with Gasteiger partial charge in [0.05, 0.1) is 16.6 Å². The van der Waals surface area contributed by atoms with Gasteiger partial charge >= 0.3 is 0 Å². The molecule has 1 fully saturated rings. The average Bonchev–Trinajstić information content (AvgIpc) is 3.11. The Kier molecular flexibility index (Phi) is 3.60. The van der Waals surface area contributed by atoms with Gasteiger partial charge in [0.2, 0.25) is 0 Å². The van der Waals surface area contributed by atoms with Gasteiger partial charge in [-0.25, -0.2) is 9.97 Å². The van der Waals surface area contributed by atoms with Crippen molar-refractivity contribution in [2.75, 3.05) is 38.1 Å². The van der Waals surface area contributed by atoms with Crippen LogP contribution in [0.2, 0.25) is 0 Å². The summed E-state index contributed by atoms with van der Waals surface area (Å²) in [5, 5.41) is 1.14. The minimum absolute atomic E-state index is 0.821. The number of nitrogens with zero attached hydrogens (tertiary/aromatic N) is 4. The van der Waals surface area contributed by atoms with Gasteiger partial charge in [0, 0.05) is 37.3 Å². The summed E-state index contributed by atoms with van der Waals surface area (Å²) in [5.41, 5.74) is 5.15. The molecule has 2 aromatic carbocycles. The van der Waals surface area contributed by atoms with E-state index in [2.05, 4.69) is 52.2 Å². The van der Waals surface area contributed by atoms with Gasteiger partial charge in [-0.3, -0.25) is 0 Å².